The Morgan fingerprint density at radius 3 is 2.49 bits per heavy atom. The predicted octanol–water partition coefficient (Wildman–Crippen LogP) is 3.89. The number of carbonyl (C=O) groups is 3. The number of ether oxygens (including phenoxy) is 1. The number of halogens is 1. The molecule has 37 heavy (non-hydrogen) atoms. The molecule has 0 saturated heterocycles. The number of rotatable bonds is 8. The van der Waals surface area contributed by atoms with Crippen molar-refractivity contribution in [2.75, 3.05) is 20.7 Å². The van der Waals surface area contributed by atoms with Crippen LogP contribution in [-0.2, 0) is 30.7 Å². The zero-order valence-electron chi connectivity index (χ0n) is 21.2. The summed E-state index contributed by atoms with van der Waals surface area (Å²) in [6.45, 7) is 3.37. The van der Waals surface area contributed by atoms with Gasteiger partial charge >= 0.3 is 0 Å². The van der Waals surface area contributed by atoms with Crippen LogP contribution in [0, 0.1) is 0 Å². The second-order valence-corrected chi connectivity index (χ2v) is 9.36. The molecule has 2 aromatic carbocycles. The Kier molecular flexibility index (Phi) is 10.3. The summed E-state index contributed by atoms with van der Waals surface area (Å²) < 4.78 is 11.0. The zero-order chi connectivity index (χ0) is 26.8. The lowest BCUT2D eigenvalue weighted by molar-refractivity contribution is -0.119. The van der Waals surface area contributed by atoms with Crippen molar-refractivity contribution < 1.29 is 23.6 Å². The largest absolute Gasteiger partial charge is 0.497 e. The number of nitrogens with one attached hydrogen (secondary N) is 2. The van der Waals surface area contributed by atoms with Crippen molar-refractivity contribution in [3.8, 4) is 5.75 Å². The molecule has 9 nitrogen and oxygen atoms in total. The van der Waals surface area contributed by atoms with Gasteiger partial charge in [-0.05, 0) is 42.3 Å². The molecular weight excluding hydrogens is 540 g/mol. The topological polar surface area (TPSA) is 114 Å². The summed E-state index contributed by atoms with van der Waals surface area (Å²) in [7, 11) is 3.22. The molecule has 10 heteroatoms. The van der Waals surface area contributed by atoms with E-state index in [2.05, 4.69) is 50.8 Å². The van der Waals surface area contributed by atoms with Gasteiger partial charge in [0.2, 0.25) is 6.41 Å². The third-order valence-electron chi connectivity index (χ3n) is 5.85. The van der Waals surface area contributed by atoms with Crippen LogP contribution in [0.25, 0.3) is 0 Å². The molecule has 0 spiro atoms. The fourth-order valence-corrected chi connectivity index (χ4v) is 4.35. The molecule has 2 heterocycles. The summed E-state index contributed by atoms with van der Waals surface area (Å²) in [5, 5.41) is 9.30. The molecule has 0 atom stereocenters. The third kappa shape index (κ3) is 7.66. The molecular formula is C27H31BrN4O5. The smallest absolute Gasteiger partial charge is 0.251 e. The third-order valence-corrected chi connectivity index (χ3v) is 6.31. The Morgan fingerprint density at radius 1 is 1.16 bits per heavy atom. The summed E-state index contributed by atoms with van der Waals surface area (Å²) in [5.74, 6) is 1.07. The van der Waals surface area contributed by atoms with E-state index in [1.165, 1.54) is 25.1 Å². The normalized spacial score (nSPS) is 12.1. The standard InChI is InChI=1S/C17H17BrN4O4.C10H14O/c1-19-16(24)10-4-11(6-12(18)5-10)17(25)20-7-14-13-8-22(9-23)3-2-15(13)26-21-14;1-3-4-9-5-7-10(11-2)8-6-9/h4-6,9H,2-3,7-8H2,1H3,(H,19,24)(H,20,25);5-8H,3-4H2,1-2H3. The molecule has 3 amide bonds. The van der Waals surface area contributed by atoms with Gasteiger partial charge in [0.05, 0.1) is 20.2 Å². The van der Waals surface area contributed by atoms with E-state index in [0.29, 0.717) is 40.8 Å². The molecule has 0 fully saturated rings. The summed E-state index contributed by atoms with van der Waals surface area (Å²) >= 11 is 3.31. The van der Waals surface area contributed by atoms with Gasteiger partial charge in [0.25, 0.3) is 11.8 Å². The van der Waals surface area contributed by atoms with E-state index < -0.39 is 0 Å². The van der Waals surface area contributed by atoms with Crippen molar-refractivity contribution >= 4 is 34.2 Å². The van der Waals surface area contributed by atoms with Crippen LogP contribution in [-0.4, -0.2) is 49.0 Å². The molecule has 2 N–H and O–H groups in total. The molecule has 0 unspecified atom stereocenters. The maximum absolute atomic E-state index is 12.5. The molecule has 0 radical (unpaired) electrons. The van der Waals surface area contributed by atoms with Crippen LogP contribution in [0.1, 0.15) is 56.6 Å². The highest BCUT2D eigenvalue weighted by molar-refractivity contribution is 9.10. The summed E-state index contributed by atoms with van der Waals surface area (Å²) in [5.41, 5.74) is 3.55. The minimum Gasteiger partial charge on any atom is -0.497 e. The molecule has 1 aliphatic heterocycles. The van der Waals surface area contributed by atoms with Crippen LogP contribution in [0.4, 0.5) is 0 Å². The van der Waals surface area contributed by atoms with E-state index in [0.717, 1.165) is 29.9 Å². The van der Waals surface area contributed by atoms with E-state index in [4.69, 9.17) is 9.26 Å². The van der Waals surface area contributed by atoms with E-state index in [9.17, 15) is 14.4 Å². The number of hydrogen-bond acceptors (Lipinski definition) is 6. The number of nitrogens with zero attached hydrogens (tertiary/aromatic N) is 2. The first-order valence-corrected chi connectivity index (χ1v) is 12.8. The van der Waals surface area contributed by atoms with Crippen molar-refractivity contribution in [1.82, 2.24) is 20.7 Å². The first-order valence-electron chi connectivity index (χ1n) is 12.0. The Hall–Kier alpha value is -3.66. The number of carbonyl (C=O) groups excluding carboxylic acids is 3. The maximum Gasteiger partial charge on any atom is 0.251 e. The molecule has 0 saturated carbocycles. The number of benzene rings is 2. The van der Waals surface area contributed by atoms with Crippen molar-refractivity contribution in [3.63, 3.8) is 0 Å². The average Bonchev–Trinajstić information content (AvgIpc) is 3.33. The van der Waals surface area contributed by atoms with Crippen LogP contribution >= 0.6 is 15.9 Å². The fraction of sp³-hybridized carbons (Fsp3) is 0.333. The summed E-state index contributed by atoms with van der Waals surface area (Å²) in [6, 6.07) is 13.0. The number of fused-ring (bicyclic) bond motifs is 1. The monoisotopic (exact) mass is 570 g/mol. The molecule has 3 aromatic rings. The number of amides is 3. The van der Waals surface area contributed by atoms with Crippen LogP contribution in [0.2, 0.25) is 0 Å². The van der Waals surface area contributed by atoms with Crippen molar-refractivity contribution in [3.05, 3.63) is 80.6 Å². The molecule has 0 aliphatic carbocycles. The quantitative estimate of drug-likeness (QED) is 0.397. The Balaban J connectivity index is 0.000000289. The summed E-state index contributed by atoms with van der Waals surface area (Å²) in [6.07, 6.45) is 3.76. The fourth-order valence-electron chi connectivity index (χ4n) is 3.86. The van der Waals surface area contributed by atoms with Crippen molar-refractivity contribution in [2.24, 2.45) is 0 Å². The van der Waals surface area contributed by atoms with Crippen molar-refractivity contribution in [1.29, 1.82) is 0 Å². The van der Waals surface area contributed by atoms with Gasteiger partial charge in [0.15, 0.2) is 0 Å². The van der Waals surface area contributed by atoms with Gasteiger partial charge in [-0.2, -0.15) is 0 Å². The predicted molar refractivity (Wildman–Crippen MR) is 142 cm³/mol. The maximum atomic E-state index is 12.5. The average molecular weight is 571 g/mol. The minimum absolute atomic E-state index is 0.173. The van der Waals surface area contributed by atoms with E-state index >= 15 is 0 Å². The highest BCUT2D eigenvalue weighted by atomic mass is 79.9. The lowest BCUT2D eigenvalue weighted by Crippen LogP contribution is -2.30. The SMILES string of the molecule is CCCc1ccc(OC)cc1.CNC(=O)c1cc(Br)cc(C(=O)NCc2noc3c2CN(C=O)CC3)c1. The number of hydrogen-bond donors (Lipinski definition) is 2. The highest BCUT2D eigenvalue weighted by Gasteiger charge is 2.23. The van der Waals surface area contributed by atoms with E-state index in [1.807, 2.05) is 12.1 Å². The molecule has 1 aromatic heterocycles. The molecule has 4 rings (SSSR count). The number of aromatic nitrogens is 1. The summed E-state index contributed by atoms with van der Waals surface area (Å²) in [4.78, 5) is 36.8. The van der Waals surface area contributed by atoms with Crippen molar-refractivity contribution in [2.45, 2.75) is 39.3 Å². The van der Waals surface area contributed by atoms with Crippen LogP contribution in [0.3, 0.4) is 0 Å². The first kappa shape index (κ1) is 27.9. The Labute approximate surface area is 224 Å². The van der Waals surface area contributed by atoms with E-state index in [1.54, 1.807) is 24.1 Å². The molecule has 1 aliphatic rings. The lowest BCUT2D eigenvalue weighted by Gasteiger charge is -2.21. The number of aryl methyl sites for hydroxylation is 1. The van der Waals surface area contributed by atoms with Gasteiger partial charge < -0.3 is 24.8 Å². The minimum atomic E-state index is -0.337. The molecule has 0 bridgehead atoms. The number of methoxy groups -OCH3 is 1. The zero-order valence-corrected chi connectivity index (χ0v) is 22.8. The van der Waals surface area contributed by atoms with Gasteiger partial charge in [-0.1, -0.05) is 46.6 Å². The van der Waals surface area contributed by atoms with Crippen LogP contribution in [0.15, 0.2) is 51.5 Å². The van der Waals surface area contributed by atoms with Crippen LogP contribution in [0.5, 0.6) is 5.75 Å². The van der Waals surface area contributed by atoms with Gasteiger partial charge in [0.1, 0.15) is 17.2 Å². The highest BCUT2D eigenvalue weighted by Crippen LogP contribution is 2.22. The lowest BCUT2D eigenvalue weighted by atomic mass is 10.1. The molecule has 196 valence electrons. The van der Waals surface area contributed by atoms with Gasteiger partial charge in [-0.25, -0.2) is 0 Å². The van der Waals surface area contributed by atoms with Gasteiger partial charge in [-0.3, -0.25) is 14.4 Å². The van der Waals surface area contributed by atoms with E-state index in [-0.39, 0.29) is 18.4 Å². The van der Waals surface area contributed by atoms with Gasteiger partial charge in [0, 0.05) is 41.2 Å². The van der Waals surface area contributed by atoms with Crippen LogP contribution < -0.4 is 15.4 Å². The second kappa shape index (κ2) is 13.6. The second-order valence-electron chi connectivity index (χ2n) is 8.45. The Bertz CT molecular complexity index is 1230. The Morgan fingerprint density at radius 2 is 1.86 bits per heavy atom. The first-order chi connectivity index (χ1) is 17.9. The van der Waals surface area contributed by atoms with Gasteiger partial charge in [-0.15, -0.1) is 0 Å².